The Morgan fingerprint density at radius 1 is 1.27 bits per heavy atom. The maximum atomic E-state index is 9.31. The van der Waals surface area contributed by atoms with E-state index in [2.05, 4.69) is 45.0 Å². The molecular formula is C14H22O. The zero-order chi connectivity index (χ0) is 11.3. The molecule has 0 bridgehead atoms. The third kappa shape index (κ3) is 4.48. The van der Waals surface area contributed by atoms with E-state index >= 15 is 0 Å². The van der Waals surface area contributed by atoms with Gasteiger partial charge in [-0.2, -0.15) is 0 Å². The molecule has 0 heterocycles. The minimum atomic E-state index is 0.298. The van der Waals surface area contributed by atoms with E-state index in [1.165, 1.54) is 11.1 Å². The van der Waals surface area contributed by atoms with Crippen molar-refractivity contribution < 1.29 is 5.11 Å². The molecule has 0 saturated carbocycles. The zero-order valence-corrected chi connectivity index (χ0v) is 10.0. The van der Waals surface area contributed by atoms with Crippen LogP contribution in [0.4, 0.5) is 0 Å². The predicted molar refractivity (Wildman–Crippen MR) is 64.9 cm³/mol. The van der Waals surface area contributed by atoms with Gasteiger partial charge in [0, 0.05) is 6.61 Å². The minimum Gasteiger partial charge on any atom is -0.396 e. The first kappa shape index (κ1) is 12.3. The van der Waals surface area contributed by atoms with Crippen molar-refractivity contribution in [2.75, 3.05) is 6.61 Å². The van der Waals surface area contributed by atoms with Crippen molar-refractivity contribution in [1.29, 1.82) is 0 Å². The molecule has 84 valence electrons. The summed E-state index contributed by atoms with van der Waals surface area (Å²) in [6.45, 7) is 6.82. The Balaban J connectivity index is 2.58. The Hall–Kier alpha value is -0.820. The van der Waals surface area contributed by atoms with Crippen LogP contribution >= 0.6 is 0 Å². The van der Waals surface area contributed by atoms with Crippen molar-refractivity contribution in [3.63, 3.8) is 0 Å². The lowest BCUT2D eigenvalue weighted by atomic mass is 9.91. The van der Waals surface area contributed by atoms with E-state index in [9.17, 15) is 5.11 Å². The van der Waals surface area contributed by atoms with Crippen molar-refractivity contribution >= 4 is 0 Å². The van der Waals surface area contributed by atoms with Crippen LogP contribution in [0.5, 0.6) is 0 Å². The normalized spacial score (nSPS) is 13.1. The van der Waals surface area contributed by atoms with Gasteiger partial charge in [-0.15, -0.1) is 0 Å². The molecule has 0 fully saturated rings. The highest BCUT2D eigenvalue weighted by Gasteiger charge is 2.10. The Bertz CT molecular complexity index is 291. The van der Waals surface area contributed by atoms with Gasteiger partial charge in [-0.1, -0.05) is 43.7 Å². The van der Waals surface area contributed by atoms with Crippen molar-refractivity contribution in [2.45, 2.75) is 33.6 Å². The van der Waals surface area contributed by atoms with Crippen LogP contribution in [-0.4, -0.2) is 11.7 Å². The molecule has 1 aromatic carbocycles. The second-order valence-corrected chi connectivity index (χ2v) is 4.87. The number of benzene rings is 1. The van der Waals surface area contributed by atoms with Crippen molar-refractivity contribution in [3.05, 3.63) is 35.4 Å². The van der Waals surface area contributed by atoms with E-state index < -0.39 is 0 Å². The Morgan fingerprint density at radius 3 is 2.53 bits per heavy atom. The highest BCUT2D eigenvalue weighted by atomic mass is 16.3. The summed E-state index contributed by atoms with van der Waals surface area (Å²) in [6, 6.07) is 8.56. The summed E-state index contributed by atoms with van der Waals surface area (Å²) in [7, 11) is 0. The molecule has 0 aliphatic carbocycles. The van der Waals surface area contributed by atoms with Gasteiger partial charge in [0.25, 0.3) is 0 Å². The standard InChI is InChI=1S/C14H22O/c1-11(2)7-14(10-15)9-13-6-4-5-12(3)8-13/h4-6,8,11,14-15H,7,9-10H2,1-3H3. The number of hydrogen-bond donors (Lipinski definition) is 1. The molecule has 1 nitrogen and oxygen atoms in total. The molecule has 1 unspecified atom stereocenters. The summed E-state index contributed by atoms with van der Waals surface area (Å²) in [5.74, 6) is 1.07. The van der Waals surface area contributed by atoms with Crippen LogP contribution in [0.25, 0.3) is 0 Å². The highest BCUT2D eigenvalue weighted by molar-refractivity contribution is 5.22. The summed E-state index contributed by atoms with van der Waals surface area (Å²) < 4.78 is 0. The summed E-state index contributed by atoms with van der Waals surface area (Å²) >= 11 is 0. The third-order valence-electron chi connectivity index (χ3n) is 2.67. The van der Waals surface area contributed by atoms with Gasteiger partial charge < -0.3 is 5.11 Å². The number of aliphatic hydroxyl groups is 1. The second-order valence-electron chi connectivity index (χ2n) is 4.87. The fraction of sp³-hybridized carbons (Fsp3) is 0.571. The van der Waals surface area contributed by atoms with Gasteiger partial charge in [-0.3, -0.25) is 0 Å². The molecule has 0 aromatic heterocycles. The van der Waals surface area contributed by atoms with Gasteiger partial charge >= 0.3 is 0 Å². The molecule has 15 heavy (non-hydrogen) atoms. The van der Waals surface area contributed by atoms with E-state index in [4.69, 9.17) is 0 Å². The Morgan fingerprint density at radius 2 is 2.00 bits per heavy atom. The molecule has 1 N–H and O–H groups in total. The third-order valence-corrected chi connectivity index (χ3v) is 2.67. The van der Waals surface area contributed by atoms with Gasteiger partial charge in [-0.05, 0) is 37.2 Å². The van der Waals surface area contributed by atoms with Crippen molar-refractivity contribution in [3.8, 4) is 0 Å². The van der Waals surface area contributed by atoms with E-state index in [-0.39, 0.29) is 0 Å². The average Bonchev–Trinajstić information content (AvgIpc) is 2.16. The predicted octanol–water partition coefficient (Wildman–Crippen LogP) is 3.19. The van der Waals surface area contributed by atoms with Crippen LogP contribution in [0.1, 0.15) is 31.4 Å². The molecule has 0 spiro atoms. The first-order valence-corrected chi connectivity index (χ1v) is 5.78. The minimum absolute atomic E-state index is 0.298. The highest BCUT2D eigenvalue weighted by Crippen LogP contribution is 2.17. The molecule has 0 radical (unpaired) electrons. The first-order chi connectivity index (χ1) is 7.11. The van der Waals surface area contributed by atoms with Gasteiger partial charge in [-0.25, -0.2) is 0 Å². The molecule has 0 aliphatic heterocycles. The average molecular weight is 206 g/mol. The summed E-state index contributed by atoms with van der Waals surface area (Å²) in [5.41, 5.74) is 2.64. The van der Waals surface area contributed by atoms with Crippen LogP contribution in [-0.2, 0) is 6.42 Å². The van der Waals surface area contributed by atoms with Gasteiger partial charge in [0.05, 0.1) is 0 Å². The molecule has 0 amide bonds. The van der Waals surface area contributed by atoms with Crippen LogP contribution in [0.3, 0.4) is 0 Å². The fourth-order valence-electron chi connectivity index (χ4n) is 2.06. The van der Waals surface area contributed by atoms with Gasteiger partial charge in [0.2, 0.25) is 0 Å². The number of aliphatic hydroxyl groups excluding tert-OH is 1. The fourth-order valence-corrected chi connectivity index (χ4v) is 2.06. The number of aryl methyl sites for hydroxylation is 1. The summed E-state index contributed by atoms with van der Waals surface area (Å²) in [4.78, 5) is 0. The van der Waals surface area contributed by atoms with Crippen molar-refractivity contribution in [2.24, 2.45) is 11.8 Å². The van der Waals surface area contributed by atoms with E-state index in [0.29, 0.717) is 18.4 Å². The number of hydrogen-bond acceptors (Lipinski definition) is 1. The molecular weight excluding hydrogens is 184 g/mol. The topological polar surface area (TPSA) is 20.2 Å². The lowest BCUT2D eigenvalue weighted by Gasteiger charge is -2.16. The maximum Gasteiger partial charge on any atom is 0.0462 e. The van der Waals surface area contributed by atoms with Crippen LogP contribution < -0.4 is 0 Å². The van der Waals surface area contributed by atoms with Crippen LogP contribution in [0.2, 0.25) is 0 Å². The Kier molecular flexibility index (Phi) is 4.83. The van der Waals surface area contributed by atoms with E-state index in [1.54, 1.807) is 0 Å². The molecule has 1 heteroatoms. The zero-order valence-electron chi connectivity index (χ0n) is 10.0. The Labute approximate surface area is 93.1 Å². The molecule has 1 rings (SSSR count). The molecule has 0 saturated heterocycles. The van der Waals surface area contributed by atoms with Gasteiger partial charge in [0.15, 0.2) is 0 Å². The number of rotatable bonds is 5. The van der Waals surface area contributed by atoms with Crippen molar-refractivity contribution in [1.82, 2.24) is 0 Å². The first-order valence-electron chi connectivity index (χ1n) is 5.78. The SMILES string of the molecule is Cc1cccc(CC(CO)CC(C)C)c1. The van der Waals surface area contributed by atoms with Crippen LogP contribution in [0, 0.1) is 18.8 Å². The van der Waals surface area contributed by atoms with Crippen LogP contribution in [0.15, 0.2) is 24.3 Å². The largest absolute Gasteiger partial charge is 0.396 e. The molecule has 0 aliphatic rings. The molecule has 1 atom stereocenters. The maximum absolute atomic E-state index is 9.31. The smallest absolute Gasteiger partial charge is 0.0462 e. The van der Waals surface area contributed by atoms with E-state index in [0.717, 1.165) is 12.8 Å². The summed E-state index contributed by atoms with van der Waals surface area (Å²) in [6.07, 6.45) is 2.10. The molecule has 1 aromatic rings. The van der Waals surface area contributed by atoms with Gasteiger partial charge in [0.1, 0.15) is 0 Å². The lowest BCUT2D eigenvalue weighted by Crippen LogP contribution is -2.12. The van der Waals surface area contributed by atoms with E-state index in [1.807, 2.05) is 0 Å². The quantitative estimate of drug-likeness (QED) is 0.784. The lowest BCUT2D eigenvalue weighted by molar-refractivity contribution is 0.205. The second kappa shape index (κ2) is 5.92. The summed E-state index contributed by atoms with van der Waals surface area (Å²) in [5, 5.41) is 9.31. The monoisotopic (exact) mass is 206 g/mol.